The van der Waals surface area contributed by atoms with E-state index in [0.29, 0.717) is 26.2 Å². The lowest BCUT2D eigenvalue weighted by Gasteiger charge is -2.18. The van der Waals surface area contributed by atoms with Crippen molar-refractivity contribution in [2.45, 2.75) is 33.1 Å². The van der Waals surface area contributed by atoms with Crippen LogP contribution in [-0.2, 0) is 22.4 Å². The summed E-state index contributed by atoms with van der Waals surface area (Å²) >= 11 is 5.90. The molecular weight excluding hydrogens is 290 g/mol. The van der Waals surface area contributed by atoms with Crippen LogP contribution in [0.5, 0.6) is 0 Å². The number of hydrogen-bond acceptors (Lipinski definition) is 4. The minimum Gasteiger partial charge on any atom is -0.351 e. The summed E-state index contributed by atoms with van der Waals surface area (Å²) in [5, 5.41) is 8.89. The van der Waals surface area contributed by atoms with Gasteiger partial charge in [-0.25, -0.2) is 0 Å². The second kappa shape index (κ2) is 8.12. The van der Waals surface area contributed by atoms with Crippen LogP contribution in [0.25, 0.3) is 0 Å². The molecule has 0 aliphatic heterocycles. The van der Waals surface area contributed by atoms with E-state index in [1.54, 1.807) is 6.33 Å². The van der Waals surface area contributed by atoms with Gasteiger partial charge in [0.1, 0.15) is 12.2 Å². The maximum Gasteiger partial charge on any atom is 0.175 e. The second-order valence-corrected chi connectivity index (χ2v) is 4.98. The summed E-state index contributed by atoms with van der Waals surface area (Å²) in [6.07, 6.45) is 2.12. The van der Waals surface area contributed by atoms with Crippen LogP contribution in [0.3, 0.4) is 0 Å². The first-order valence-electron chi connectivity index (χ1n) is 7.07. The Morgan fingerprint density at radius 3 is 2.43 bits per heavy atom. The number of rotatable bonds is 8. The van der Waals surface area contributed by atoms with Crippen LogP contribution in [0.4, 0.5) is 0 Å². The van der Waals surface area contributed by atoms with Crippen molar-refractivity contribution in [2.24, 2.45) is 0 Å². The molecule has 0 spiro atoms. The molecule has 0 unspecified atom stereocenters. The minimum atomic E-state index is -0.278. The van der Waals surface area contributed by atoms with E-state index in [1.165, 1.54) is 0 Å². The number of nitrogens with zero attached hydrogens (tertiary/aromatic N) is 3. The smallest absolute Gasteiger partial charge is 0.175 e. The van der Waals surface area contributed by atoms with Crippen molar-refractivity contribution in [2.75, 3.05) is 13.2 Å². The Morgan fingerprint density at radius 2 is 1.81 bits per heavy atom. The van der Waals surface area contributed by atoms with Crippen LogP contribution in [-0.4, -0.2) is 34.3 Å². The van der Waals surface area contributed by atoms with Crippen molar-refractivity contribution in [3.05, 3.63) is 47.0 Å². The van der Waals surface area contributed by atoms with Gasteiger partial charge in [0.2, 0.25) is 0 Å². The summed E-state index contributed by atoms with van der Waals surface area (Å²) in [5.41, 5.74) is 1.14. The summed E-state index contributed by atoms with van der Waals surface area (Å²) in [6, 6.07) is 7.73. The Hall–Kier alpha value is -1.43. The van der Waals surface area contributed by atoms with Crippen LogP contribution in [0, 0.1) is 0 Å². The molecule has 5 nitrogen and oxygen atoms in total. The van der Waals surface area contributed by atoms with Crippen molar-refractivity contribution in [3.8, 4) is 0 Å². The Balaban J connectivity index is 2.05. The minimum absolute atomic E-state index is 0.278. The highest BCUT2D eigenvalue weighted by Gasteiger charge is 2.13. The predicted molar refractivity (Wildman–Crippen MR) is 81.3 cm³/mol. The van der Waals surface area contributed by atoms with Gasteiger partial charge in [-0.1, -0.05) is 23.7 Å². The van der Waals surface area contributed by atoms with Crippen LogP contribution >= 0.6 is 11.6 Å². The fourth-order valence-corrected chi connectivity index (χ4v) is 2.17. The van der Waals surface area contributed by atoms with Crippen molar-refractivity contribution >= 4 is 11.6 Å². The fourth-order valence-electron chi connectivity index (χ4n) is 2.04. The lowest BCUT2D eigenvalue weighted by molar-refractivity contribution is -0.143. The van der Waals surface area contributed by atoms with E-state index in [1.807, 2.05) is 42.7 Å². The number of aromatic nitrogens is 3. The highest BCUT2D eigenvalue weighted by Crippen LogP contribution is 2.13. The van der Waals surface area contributed by atoms with Gasteiger partial charge >= 0.3 is 0 Å². The molecule has 6 heteroatoms. The molecular formula is C15H20ClN3O2. The topological polar surface area (TPSA) is 49.2 Å². The van der Waals surface area contributed by atoms with Gasteiger partial charge < -0.3 is 14.0 Å². The highest BCUT2D eigenvalue weighted by atomic mass is 35.5. The quantitative estimate of drug-likeness (QED) is 0.704. The number of ether oxygens (including phenoxy) is 2. The summed E-state index contributed by atoms with van der Waals surface area (Å²) in [5.74, 6) is 0.877. The van der Waals surface area contributed by atoms with Crippen molar-refractivity contribution in [1.82, 2.24) is 14.8 Å². The molecule has 0 aliphatic carbocycles. The maximum atomic E-state index is 5.90. The van der Waals surface area contributed by atoms with E-state index in [2.05, 4.69) is 10.2 Å². The molecule has 0 radical (unpaired) electrons. The molecule has 0 atom stereocenters. The van der Waals surface area contributed by atoms with Gasteiger partial charge in [-0.15, -0.1) is 10.2 Å². The first kappa shape index (κ1) is 15.9. The molecule has 21 heavy (non-hydrogen) atoms. The normalized spacial score (nSPS) is 11.2. The molecule has 0 saturated carbocycles. The Labute approximate surface area is 129 Å². The first-order chi connectivity index (χ1) is 10.2. The fraction of sp³-hybridized carbons (Fsp3) is 0.467. The Morgan fingerprint density at radius 1 is 1.14 bits per heavy atom. The monoisotopic (exact) mass is 309 g/mol. The van der Waals surface area contributed by atoms with Gasteiger partial charge in [-0.05, 0) is 31.5 Å². The van der Waals surface area contributed by atoms with Crippen LogP contribution < -0.4 is 0 Å². The zero-order chi connectivity index (χ0) is 15.1. The van der Waals surface area contributed by atoms with Crippen LogP contribution in [0.2, 0.25) is 5.02 Å². The summed E-state index contributed by atoms with van der Waals surface area (Å²) in [4.78, 5) is 0. The van der Waals surface area contributed by atoms with Gasteiger partial charge in [0.25, 0.3) is 0 Å². The summed E-state index contributed by atoms with van der Waals surface area (Å²) in [7, 11) is 0. The Bertz CT molecular complexity index is 536. The van der Waals surface area contributed by atoms with Gasteiger partial charge in [0.15, 0.2) is 6.29 Å². The molecule has 0 fully saturated rings. The molecule has 114 valence electrons. The van der Waals surface area contributed by atoms with Crippen LogP contribution in [0.1, 0.15) is 25.2 Å². The van der Waals surface area contributed by atoms with Gasteiger partial charge in [0.05, 0.1) is 6.54 Å². The van der Waals surface area contributed by atoms with E-state index in [0.717, 1.165) is 16.4 Å². The summed E-state index contributed by atoms with van der Waals surface area (Å²) < 4.78 is 13.1. The molecule has 0 aliphatic rings. The first-order valence-corrected chi connectivity index (χ1v) is 7.45. The predicted octanol–water partition coefficient (Wildman–Crippen LogP) is 2.92. The van der Waals surface area contributed by atoms with Crippen molar-refractivity contribution in [1.29, 1.82) is 0 Å². The van der Waals surface area contributed by atoms with Crippen LogP contribution in [0.15, 0.2) is 30.6 Å². The average Bonchev–Trinajstić information content (AvgIpc) is 2.89. The molecule has 1 aromatic heterocycles. The van der Waals surface area contributed by atoms with Crippen molar-refractivity contribution < 1.29 is 9.47 Å². The second-order valence-electron chi connectivity index (χ2n) is 4.54. The number of benzene rings is 1. The molecule has 1 aromatic carbocycles. The molecule has 1 heterocycles. The lowest BCUT2D eigenvalue weighted by atomic mass is 10.1. The van der Waals surface area contributed by atoms with E-state index < -0.39 is 0 Å². The third-order valence-electron chi connectivity index (χ3n) is 3.02. The maximum absolute atomic E-state index is 5.90. The average molecular weight is 310 g/mol. The standard InChI is InChI=1S/C15H20ClN3O2/c1-3-20-15(21-4-2)10-19-11-17-18-14(19)9-12-5-7-13(16)8-6-12/h5-8,11,15H,3-4,9-10H2,1-2H3. The molecule has 0 saturated heterocycles. The van der Waals surface area contributed by atoms with E-state index in [4.69, 9.17) is 21.1 Å². The lowest BCUT2D eigenvalue weighted by Crippen LogP contribution is -2.24. The molecule has 0 bridgehead atoms. The third-order valence-corrected chi connectivity index (χ3v) is 3.27. The van der Waals surface area contributed by atoms with Crippen molar-refractivity contribution in [3.63, 3.8) is 0 Å². The zero-order valence-corrected chi connectivity index (χ0v) is 13.1. The van der Waals surface area contributed by atoms with Gasteiger partial charge in [-0.2, -0.15) is 0 Å². The zero-order valence-electron chi connectivity index (χ0n) is 12.3. The molecule has 0 N–H and O–H groups in total. The van der Waals surface area contributed by atoms with Gasteiger partial charge in [-0.3, -0.25) is 0 Å². The van der Waals surface area contributed by atoms with E-state index >= 15 is 0 Å². The third kappa shape index (κ3) is 4.81. The van der Waals surface area contributed by atoms with E-state index in [9.17, 15) is 0 Å². The SMILES string of the molecule is CCOC(Cn1cnnc1Cc1ccc(Cl)cc1)OCC. The highest BCUT2D eigenvalue weighted by molar-refractivity contribution is 6.30. The molecule has 0 amide bonds. The van der Waals surface area contributed by atoms with E-state index in [-0.39, 0.29) is 6.29 Å². The number of halogens is 1. The summed E-state index contributed by atoms with van der Waals surface area (Å²) in [6.45, 7) is 5.70. The molecule has 2 rings (SSSR count). The van der Waals surface area contributed by atoms with Gasteiger partial charge in [0, 0.05) is 24.7 Å². The number of hydrogen-bond donors (Lipinski definition) is 0. The Kier molecular flexibility index (Phi) is 6.17. The molecule has 2 aromatic rings. The largest absolute Gasteiger partial charge is 0.351 e.